The van der Waals surface area contributed by atoms with Crippen LogP contribution >= 0.6 is 0 Å². The summed E-state index contributed by atoms with van der Waals surface area (Å²) < 4.78 is 0. The number of aryl methyl sites for hydroxylation is 2. The summed E-state index contributed by atoms with van der Waals surface area (Å²) in [5.41, 5.74) is 2.69. The minimum Gasteiger partial charge on any atom is -0.264 e. The minimum absolute atomic E-state index is 1.08. The number of nitrogens with zero attached hydrogens (tertiary/aromatic N) is 1. The van der Waals surface area contributed by atoms with Crippen molar-refractivity contribution in [2.24, 2.45) is 0 Å². The van der Waals surface area contributed by atoms with E-state index in [0.717, 1.165) is 6.42 Å². The maximum absolute atomic E-state index is 4.02. The number of hydrogen-bond acceptors (Lipinski definition) is 1. The smallest absolute Gasteiger partial charge is 0.0302 e. The molecule has 0 radical (unpaired) electrons. The normalized spacial score (nSPS) is 8.67. The number of pyridine rings is 1. The van der Waals surface area contributed by atoms with Crippen molar-refractivity contribution in [2.45, 2.75) is 40.5 Å². The van der Waals surface area contributed by atoms with Crippen LogP contribution in [0.5, 0.6) is 0 Å². The summed E-state index contributed by atoms with van der Waals surface area (Å²) in [6, 6.07) is 2.04. The maximum atomic E-state index is 4.02. The number of rotatable bonds is 1. The summed E-state index contributed by atoms with van der Waals surface area (Å²) >= 11 is 0. The second-order valence-corrected chi connectivity index (χ2v) is 2.86. The van der Waals surface area contributed by atoms with E-state index < -0.39 is 0 Å². The van der Waals surface area contributed by atoms with Gasteiger partial charge in [-0.25, -0.2) is 0 Å². The fourth-order valence-corrected chi connectivity index (χ4v) is 0.867. The van der Waals surface area contributed by atoms with Crippen LogP contribution in [0.25, 0.3) is 0 Å². The fraction of sp³-hybridized carbons (Fsp3) is 0.545. The predicted octanol–water partition coefficient (Wildman–Crippen LogP) is 3.37. The third kappa shape index (κ3) is 4.12. The van der Waals surface area contributed by atoms with Gasteiger partial charge < -0.3 is 0 Å². The molecule has 12 heavy (non-hydrogen) atoms. The molecule has 0 amide bonds. The van der Waals surface area contributed by atoms with Gasteiger partial charge in [-0.1, -0.05) is 27.2 Å². The van der Waals surface area contributed by atoms with E-state index in [0.29, 0.717) is 0 Å². The molecule has 0 aromatic carbocycles. The van der Waals surface area contributed by atoms with Crippen molar-refractivity contribution < 1.29 is 0 Å². The van der Waals surface area contributed by atoms with Crippen LogP contribution in [0.15, 0.2) is 18.5 Å². The van der Waals surface area contributed by atoms with Crippen LogP contribution in [0.2, 0.25) is 0 Å². The van der Waals surface area contributed by atoms with Gasteiger partial charge in [-0.3, -0.25) is 4.98 Å². The Morgan fingerprint density at radius 1 is 1.25 bits per heavy atom. The van der Waals surface area contributed by atoms with Gasteiger partial charge in [0.1, 0.15) is 0 Å². The second-order valence-electron chi connectivity index (χ2n) is 2.86. The molecule has 1 heteroatoms. The predicted molar refractivity (Wildman–Crippen MR) is 54.3 cm³/mol. The zero-order chi connectivity index (χ0) is 9.40. The van der Waals surface area contributed by atoms with E-state index in [9.17, 15) is 0 Å². The highest BCUT2D eigenvalue weighted by molar-refractivity contribution is 5.20. The van der Waals surface area contributed by atoms with Crippen LogP contribution in [0.4, 0.5) is 0 Å². The van der Waals surface area contributed by atoms with E-state index in [-0.39, 0.29) is 0 Å². The lowest BCUT2D eigenvalue weighted by molar-refractivity contribution is 1.07. The molecule has 0 unspecified atom stereocenters. The van der Waals surface area contributed by atoms with Gasteiger partial charge in [0.05, 0.1) is 0 Å². The molecule has 1 rings (SSSR count). The van der Waals surface area contributed by atoms with Crippen LogP contribution in [-0.2, 0) is 6.42 Å². The molecule has 0 bridgehead atoms. The lowest BCUT2D eigenvalue weighted by Gasteiger charge is -1.97. The summed E-state index contributed by atoms with van der Waals surface area (Å²) in [5, 5.41) is 0. The Morgan fingerprint density at radius 3 is 2.17 bits per heavy atom. The Balaban J connectivity index is 0.000000354. The van der Waals surface area contributed by atoms with Crippen LogP contribution in [0.1, 0.15) is 38.3 Å². The summed E-state index contributed by atoms with van der Waals surface area (Å²) in [6.07, 6.45) is 6.09. The first-order valence-electron chi connectivity index (χ1n) is 4.65. The van der Waals surface area contributed by atoms with Gasteiger partial charge in [0.15, 0.2) is 0 Å². The highest BCUT2D eigenvalue weighted by Crippen LogP contribution is 2.03. The maximum Gasteiger partial charge on any atom is 0.0302 e. The van der Waals surface area contributed by atoms with E-state index in [1.54, 1.807) is 0 Å². The van der Waals surface area contributed by atoms with Gasteiger partial charge in [0, 0.05) is 12.4 Å². The van der Waals surface area contributed by atoms with Crippen LogP contribution < -0.4 is 0 Å². The van der Waals surface area contributed by atoms with E-state index in [2.05, 4.69) is 32.7 Å². The lowest BCUT2D eigenvalue weighted by Crippen LogP contribution is -1.85. The van der Waals surface area contributed by atoms with Gasteiger partial charge in [-0.2, -0.15) is 0 Å². The van der Waals surface area contributed by atoms with Gasteiger partial charge in [0.25, 0.3) is 0 Å². The number of hydrogen-bond donors (Lipinski definition) is 0. The van der Waals surface area contributed by atoms with E-state index in [1.807, 2.05) is 18.5 Å². The first kappa shape index (κ1) is 11.2. The Hall–Kier alpha value is -0.850. The van der Waals surface area contributed by atoms with Gasteiger partial charge in [-0.15, -0.1) is 0 Å². The summed E-state index contributed by atoms with van der Waals surface area (Å²) in [7, 11) is 0. The SMILES string of the molecule is CCC.CCc1cnccc1C. The molecule has 0 fully saturated rings. The Kier molecular flexibility index (Phi) is 6.35. The highest BCUT2D eigenvalue weighted by atomic mass is 14.6. The molecule has 0 saturated heterocycles. The van der Waals surface area contributed by atoms with Crippen LogP contribution in [0.3, 0.4) is 0 Å². The van der Waals surface area contributed by atoms with E-state index in [4.69, 9.17) is 0 Å². The van der Waals surface area contributed by atoms with Crippen LogP contribution in [0, 0.1) is 6.92 Å². The van der Waals surface area contributed by atoms with E-state index in [1.165, 1.54) is 17.5 Å². The zero-order valence-corrected chi connectivity index (χ0v) is 8.59. The standard InChI is InChI=1S/C8H11N.C3H8/c1-3-8-6-9-5-4-7(8)2;1-3-2/h4-6H,3H2,1-2H3;3H2,1-2H3. The van der Waals surface area contributed by atoms with Crippen molar-refractivity contribution in [3.8, 4) is 0 Å². The molecule has 68 valence electrons. The molecule has 1 heterocycles. The van der Waals surface area contributed by atoms with Crippen LogP contribution in [-0.4, -0.2) is 4.98 Å². The molecule has 0 aliphatic heterocycles. The fourth-order valence-electron chi connectivity index (χ4n) is 0.867. The third-order valence-electron chi connectivity index (χ3n) is 1.53. The molecule has 0 atom stereocenters. The first-order chi connectivity index (χ1) is 5.76. The average molecular weight is 165 g/mol. The monoisotopic (exact) mass is 165 g/mol. The lowest BCUT2D eigenvalue weighted by atomic mass is 10.1. The largest absolute Gasteiger partial charge is 0.264 e. The summed E-state index contributed by atoms with van der Waals surface area (Å²) in [6.45, 7) is 8.50. The quantitative estimate of drug-likeness (QED) is 0.621. The number of aromatic nitrogens is 1. The molecular formula is C11H19N. The molecule has 0 spiro atoms. The van der Waals surface area contributed by atoms with Crippen molar-refractivity contribution >= 4 is 0 Å². The first-order valence-corrected chi connectivity index (χ1v) is 4.65. The molecule has 1 aromatic rings. The van der Waals surface area contributed by atoms with Crippen molar-refractivity contribution in [2.75, 3.05) is 0 Å². The molecule has 1 nitrogen and oxygen atoms in total. The Bertz CT molecular complexity index is 206. The molecular weight excluding hydrogens is 146 g/mol. The van der Waals surface area contributed by atoms with Crippen molar-refractivity contribution in [3.05, 3.63) is 29.6 Å². The summed E-state index contributed by atoms with van der Waals surface area (Å²) in [4.78, 5) is 4.02. The third-order valence-corrected chi connectivity index (χ3v) is 1.53. The van der Waals surface area contributed by atoms with Gasteiger partial charge in [-0.05, 0) is 30.5 Å². The molecule has 0 saturated carbocycles. The van der Waals surface area contributed by atoms with Crippen molar-refractivity contribution in [1.29, 1.82) is 0 Å². The molecule has 1 aromatic heterocycles. The highest BCUT2D eigenvalue weighted by Gasteiger charge is 1.90. The average Bonchev–Trinajstić information content (AvgIpc) is 2.07. The van der Waals surface area contributed by atoms with E-state index >= 15 is 0 Å². The summed E-state index contributed by atoms with van der Waals surface area (Å²) in [5.74, 6) is 0. The Morgan fingerprint density at radius 2 is 1.83 bits per heavy atom. The molecule has 0 aliphatic carbocycles. The molecule has 0 N–H and O–H groups in total. The van der Waals surface area contributed by atoms with Gasteiger partial charge >= 0.3 is 0 Å². The molecule has 0 aliphatic rings. The van der Waals surface area contributed by atoms with Crippen molar-refractivity contribution in [3.63, 3.8) is 0 Å². The zero-order valence-electron chi connectivity index (χ0n) is 8.59. The Labute approximate surface area is 75.8 Å². The second kappa shape index (κ2) is 6.84. The van der Waals surface area contributed by atoms with Gasteiger partial charge in [0.2, 0.25) is 0 Å². The minimum atomic E-state index is 1.08. The topological polar surface area (TPSA) is 12.9 Å². The van der Waals surface area contributed by atoms with Crippen molar-refractivity contribution in [1.82, 2.24) is 4.98 Å².